The average Bonchev–Trinajstić information content (AvgIpc) is 3.16. The summed E-state index contributed by atoms with van der Waals surface area (Å²) in [5.41, 5.74) is 3.58. The Morgan fingerprint density at radius 3 is 3.09 bits per heavy atom. The summed E-state index contributed by atoms with van der Waals surface area (Å²) < 4.78 is 14.0. The van der Waals surface area contributed by atoms with E-state index in [0.717, 1.165) is 47.2 Å². The number of imidazole rings is 1. The summed E-state index contributed by atoms with van der Waals surface area (Å²) in [7, 11) is 1.80. The minimum absolute atomic E-state index is 0.273. The minimum atomic E-state index is 0.273. The van der Waals surface area contributed by atoms with Crippen LogP contribution in [0.5, 0.6) is 0 Å². The fourth-order valence-electron chi connectivity index (χ4n) is 3.45. The number of hydrogen-bond acceptors (Lipinski definition) is 5. The van der Waals surface area contributed by atoms with Crippen molar-refractivity contribution in [3.63, 3.8) is 0 Å². The second-order valence-electron chi connectivity index (χ2n) is 6.02. The van der Waals surface area contributed by atoms with Crippen LogP contribution < -0.4 is 0 Å². The molecule has 0 aliphatic carbocycles. The molecule has 1 fully saturated rings. The van der Waals surface area contributed by atoms with E-state index in [1.54, 1.807) is 13.3 Å². The van der Waals surface area contributed by atoms with E-state index in [1.807, 2.05) is 25.4 Å². The Balaban J connectivity index is 1.69. The zero-order valence-electron chi connectivity index (χ0n) is 13.4. The Labute approximate surface area is 134 Å². The van der Waals surface area contributed by atoms with Crippen LogP contribution in [0.2, 0.25) is 0 Å². The van der Waals surface area contributed by atoms with Gasteiger partial charge in [0, 0.05) is 25.7 Å². The van der Waals surface area contributed by atoms with Gasteiger partial charge in [-0.2, -0.15) is 0 Å². The summed E-state index contributed by atoms with van der Waals surface area (Å²) >= 11 is 0. The van der Waals surface area contributed by atoms with Crippen molar-refractivity contribution in [2.75, 3.05) is 13.7 Å². The van der Waals surface area contributed by atoms with Crippen molar-refractivity contribution in [2.45, 2.75) is 38.3 Å². The molecule has 4 rings (SSSR count). The molecular weight excluding hydrogens is 292 g/mol. The number of aromatic nitrogens is 3. The van der Waals surface area contributed by atoms with E-state index in [2.05, 4.69) is 19.5 Å². The number of pyridine rings is 1. The minimum Gasteiger partial charge on any atom is -0.460 e. The van der Waals surface area contributed by atoms with Crippen LogP contribution in [0, 0.1) is 6.92 Å². The van der Waals surface area contributed by atoms with Gasteiger partial charge in [-0.15, -0.1) is 0 Å². The van der Waals surface area contributed by atoms with Gasteiger partial charge in [-0.25, -0.2) is 4.98 Å². The highest BCUT2D eigenvalue weighted by atomic mass is 16.5. The molecule has 6 nitrogen and oxygen atoms in total. The summed E-state index contributed by atoms with van der Waals surface area (Å²) in [4.78, 5) is 13.1. The predicted molar refractivity (Wildman–Crippen MR) is 89.1 cm³/mol. The number of aryl methyl sites for hydroxylation is 1. The zero-order valence-corrected chi connectivity index (χ0v) is 13.4. The molecule has 1 saturated heterocycles. The normalized spacial score (nSPS) is 22.5. The Bertz CT molecular complexity index is 856. The fourth-order valence-corrected chi connectivity index (χ4v) is 3.45. The van der Waals surface area contributed by atoms with E-state index in [4.69, 9.17) is 9.15 Å². The first kappa shape index (κ1) is 14.4. The van der Waals surface area contributed by atoms with Crippen molar-refractivity contribution >= 4 is 28.3 Å². The first-order valence-corrected chi connectivity index (χ1v) is 8.01. The van der Waals surface area contributed by atoms with Crippen LogP contribution >= 0.6 is 0 Å². The Morgan fingerprint density at radius 1 is 1.39 bits per heavy atom. The van der Waals surface area contributed by atoms with Gasteiger partial charge in [-0.1, -0.05) is 0 Å². The topological polar surface area (TPSA) is 65.4 Å². The molecule has 6 heteroatoms. The number of nitrogens with zero attached hydrogens (tertiary/aromatic N) is 4. The van der Waals surface area contributed by atoms with E-state index in [-0.39, 0.29) is 12.1 Å². The highest BCUT2D eigenvalue weighted by molar-refractivity contribution is 5.98. The van der Waals surface area contributed by atoms with E-state index in [9.17, 15) is 0 Å². The van der Waals surface area contributed by atoms with Crippen LogP contribution in [0.15, 0.2) is 27.9 Å². The van der Waals surface area contributed by atoms with Crippen molar-refractivity contribution in [3.05, 3.63) is 24.4 Å². The maximum atomic E-state index is 6.03. The Morgan fingerprint density at radius 2 is 2.30 bits per heavy atom. The molecule has 3 aromatic heterocycles. The molecule has 0 radical (unpaired) electrons. The van der Waals surface area contributed by atoms with Crippen LogP contribution in [0.3, 0.4) is 0 Å². The van der Waals surface area contributed by atoms with E-state index in [1.165, 1.54) is 0 Å². The van der Waals surface area contributed by atoms with Crippen LogP contribution in [0.25, 0.3) is 22.1 Å². The number of fused-ring (bicyclic) bond motifs is 3. The highest BCUT2D eigenvalue weighted by Crippen LogP contribution is 2.32. The number of rotatable bonds is 3. The molecule has 0 bridgehead atoms. The third-order valence-corrected chi connectivity index (χ3v) is 4.56. The summed E-state index contributed by atoms with van der Waals surface area (Å²) in [6.45, 7) is 2.73. The second kappa shape index (κ2) is 5.77. The first-order valence-electron chi connectivity index (χ1n) is 8.01. The molecular formula is C17H20N4O2. The molecule has 23 heavy (non-hydrogen) atoms. The molecule has 0 saturated carbocycles. The molecule has 120 valence electrons. The van der Waals surface area contributed by atoms with Gasteiger partial charge in [0.05, 0.1) is 31.2 Å². The van der Waals surface area contributed by atoms with Crippen molar-refractivity contribution in [1.82, 2.24) is 14.5 Å². The van der Waals surface area contributed by atoms with Crippen LogP contribution in [0.1, 0.15) is 31.1 Å². The Hall–Kier alpha value is -2.21. The zero-order chi connectivity index (χ0) is 15.8. The van der Waals surface area contributed by atoms with Gasteiger partial charge in [0.2, 0.25) is 0 Å². The van der Waals surface area contributed by atoms with E-state index < -0.39 is 0 Å². The van der Waals surface area contributed by atoms with Crippen molar-refractivity contribution in [1.29, 1.82) is 0 Å². The van der Waals surface area contributed by atoms with Gasteiger partial charge < -0.3 is 18.7 Å². The molecule has 0 amide bonds. The molecule has 0 aromatic carbocycles. The maximum Gasteiger partial charge on any atom is 0.178 e. The molecule has 4 heterocycles. The fraction of sp³-hybridized carbons (Fsp3) is 0.471. The Kier molecular flexibility index (Phi) is 3.61. The van der Waals surface area contributed by atoms with Gasteiger partial charge in [0.1, 0.15) is 22.4 Å². The molecule has 0 spiro atoms. The summed E-state index contributed by atoms with van der Waals surface area (Å²) in [6.07, 6.45) is 8.69. The third kappa shape index (κ3) is 2.43. The van der Waals surface area contributed by atoms with Gasteiger partial charge in [-0.05, 0) is 19.8 Å². The maximum absolute atomic E-state index is 6.03. The SMILES string of the molecule is CN=CC[C@H]1CC[C@H](n2c(C)nc3cnc4ccoc4c32)CO1. The van der Waals surface area contributed by atoms with Crippen LogP contribution in [0.4, 0.5) is 0 Å². The number of furan rings is 1. The van der Waals surface area contributed by atoms with Crippen LogP contribution in [-0.4, -0.2) is 40.5 Å². The van der Waals surface area contributed by atoms with Crippen LogP contribution in [-0.2, 0) is 4.74 Å². The van der Waals surface area contributed by atoms with Gasteiger partial charge in [0.25, 0.3) is 0 Å². The van der Waals surface area contributed by atoms with Crippen molar-refractivity contribution < 1.29 is 9.15 Å². The molecule has 3 aromatic rings. The lowest BCUT2D eigenvalue weighted by atomic mass is 10.0. The summed E-state index contributed by atoms with van der Waals surface area (Å²) in [5, 5.41) is 0. The number of hydrogen-bond donors (Lipinski definition) is 0. The average molecular weight is 312 g/mol. The molecule has 2 atom stereocenters. The van der Waals surface area contributed by atoms with Gasteiger partial charge >= 0.3 is 0 Å². The quantitative estimate of drug-likeness (QED) is 0.696. The second-order valence-corrected chi connectivity index (χ2v) is 6.02. The largest absolute Gasteiger partial charge is 0.460 e. The standard InChI is InChI=1S/C17H20N4O2/c1-11-20-15-9-19-14-6-8-22-17(14)16(15)21(11)12-3-4-13(23-10-12)5-7-18-2/h6-9,12-13H,3-5,10H2,1-2H3/t12-,13+/m0/s1. The third-order valence-electron chi connectivity index (χ3n) is 4.56. The molecule has 1 aliphatic rings. The molecule has 1 aliphatic heterocycles. The first-order chi connectivity index (χ1) is 11.3. The highest BCUT2D eigenvalue weighted by Gasteiger charge is 2.26. The lowest BCUT2D eigenvalue weighted by molar-refractivity contribution is -0.00613. The van der Waals surface area contributed by atoms with Crippen molar-refractivity contribution in [2.24, 2.45) is 4.99 Å². The van der Waals surface area contributed by atoms with E-state index in [0.29, 0.717) is 6.61 Å². The van der Waals surface area contributed by atoms with E-state index >= 15 is 0 Å². The summed E-state index contributed by atoms with van der Waals surface area (Å²) in [5.74, 6) is 0.980. The van der Waals surface area contributed by atoms with Gasteiger partial charge in [-0.3, -0.25) is 4.98 Å². The van der Waals surface area contributed by atoms with Gasteiger partial charge in [0.15, 0.2) is 5.58 Å². The lowest BCUT2D eigenvalue weighted by Crippen LogP contribution is -2.28. The lowest BCUT2D eigenvalue weighted by Gasteiger charge is -2.30. The monoisotopic (exact) mass is 312 g/mol. The summed E-state index contributed by atoms with van der Waals surface area (Å²) in [6, 6.07) is 2.17. The molecule has 0 unspecified atom stereocenters. The number of ether oxygens (including phenoxy) is 1. The predicted octanol–water partition coefficient (Wildman–Crippen LogP) is 3.30. The smallest absolute Gasteiger partial charge is 0.178 e. The van der Waals surface area contributed by atoms with Crippen molar-refractivity contribution in [3.8, 4) is 0 Å². The number of aliphatic imine (C=N–C) groups is 1. The molecule has 0 N–H and O–H groups in total.